The van der Waals surface area contributed by atoms with Crippen LogP contribution < -0.4 is 4.74 Å². The summed E-state index contributed by atoms with van der Waals surface area (Å²) >= 11 is 0. The zero-order valence-electron chi connectivity index (χ0n) is 17.0. The number of aliphatic hydroxyl groups excluding tert-OH is 2. The van der Waals surface area contributed by atoms with Crippen molar-refractivity contribution in [1.82, 2.24) is 4.90 Å². The summed E-state index contributed by atoms with van der Waals surface area (Å²) in [5.74, 6) is 0.828. The topological polar surface area (TPSA) is 52.9 Å². The summed E-state index contributed by atoms with van der Waals surface area (Å²) < 4.78 is 6.38. The molecule has 1 spiro atoms. The number of nitrogens with zero attached hydrogens (tertiary/aromatic N) is 1. The van der Waals surface area contributed by atoms with Crippen molar-refractivity contribution >= 4 is 0 Å². The summed E-state index contributed by atoms with van der Waals surface area (Å²) in [6.45, 7) is 2.43. The fraction of sp³-hybridized carbons (Fsp3) is 0.520. The summed E-state index contributed by atoms with van der Waals surface area (Å²) in [5, 5.41) is 21.4. The van der Waals surface area contributed by atoms with Crippen LogP contribution in [0.4, 0.5) is 0 Å². The standard InChI is InChI=1S/C25H31NO3/c27-22-16-25(29-24-8-4-3-7-21(22)24)11-13-26(14-12-25)17-23(28)20-10-9-18-5-1-2-6-19(18)15-20/h3-4,7-10,15,22-23,27-28H,1-2,5-6,11-14,16-17H2/t22-,23+/m1/s1. The maximum Gasteiger partial charge on any atom is 0.125 e. The van der Waals surface area contributed by atoms with Crippen LogP contribution in [0, 0.1) is 0 Å². The molecular weight excluding hydrogens is 362 g/mol. The van der Waals surface area contributed by atoms with Gasteiger partial charge in [0, 0.05) is 31.6 Å². The molecule has 29 heavy (non-hydrogen) atoms. The fourth-order valence-electron chi connectivity index (χ4n) is 5.35. The third-order valence-corrected chi connectivity index (χ3v) is 7.13. The van der Waals surface area contributed by atoms with Gasteiger partial charge in [0.1, 0.15) is 11.4 Å². The van der Waals surface area contributed by atoms with Gasteiger partial charge in [0.2, 0.25) is 0 Å². The van der Waals surface area contributed by atoms with Crippen LogP contribution in [0.15, 0.2) is 42.5 Å². The lowest BCUT2D eigenvalue weighted by Gasteiger charge is -2.46. The van der Waals surface area contributed by atoms with E-state index in [1.807, 2.05) is 24.3 Å². The first-order valence-corrected chi connectivity index (χ1v) is 11.1. The van der Waals surface area contributed by atoms with Crippen LogP contribution in [0.1, 0.15) is 66.6 Å². The van der Waals surface area contributed by atoms with Crippen molar-refractivity contribution in [2.24, 2.45) is 0 Å². The molecule has 2 atom stereocenters. The van der Waals surface area contributed by atoms with E-state index in [1.54, 1.807) is 0 Å². The van der Waals surface area contributed by atoms with Gasteiger partial charge < -0.3 is 19.8 Å². The maximum atomic E-state index is 10.8. The number of ether oxygens (including phenoxy) is 1. The van der Waals surface area contributed by atoms with Crippen molar-refractivity contribution < 1.29 is 14.9 Å². The van der Waals surface area contributed by atoms with E-state index < -0.39 is 12.2 Å². The Morgan fingerprint density at radius 3 is 2.62 bits per heavy atom. The maximum absolute atomic E-state index is 10.8. The molecule has 2 N–H and O–H groups in total. The van der Waals surface area contributed by atoms with Gasteiger partial charge in [-0.3, -0.25) is 0 Å². The molecule has 0 saturated carbocycles. The Bertz CT molecular complexity index is 872. The van der Waals surface area contributed by atoms with E-state index in [9.17, 15) is 10.2 Å². The first-order valence-electron chi connectivity index (χ1n) is 11.1. The molecule has 1 fully saturated rings. The molecule has 0 radical (unpaired) electrons. The van der Waals surface area contributed by atoms with Crippen LogP contribution in [0.25, 0.3) is 0 Å². The normalized spacial score (nSPS) is 24.4. The monoisotopic (exact) mass is 393 g/mol. The molecule has 4 heteroatoms. The fourth-order valence-corrected chi connectivity index (χ4v) is 5.35. The number of rotatable bonds is 3. The number of aryl methyl sites for hydroxylation is 2. The zero-order valence-corrected chi connectivity index (χ0v) is 17.0. The van der Waals surface area contributed by atoms with E-state index in [-0.39, 0.29) is 5.60 Å². The number of aliphatic hydroxyl groups is 2. The number of β-amino-alcohol motifs (C(OH)–C–C–N with tert-alkyl or cyclic N) is 1. The molecule has 1 aliphatic carbocycles. The van der Waals surface area contributed by atoms with Gasteiger partial charge in [-0.2, -0.15) is 0 Å². The number of fused-ring (bicyclic) bond motifs is 2. The molecule has 2 aromatic carbocycles. The summed E-state index contributed by atoms with van der Waals surface area (Å²) in [4.78, 5) is 2.34. The van der Waals surface area contributed by atoms with Crippen LogP contribution in [0.5, 0.6) is 5.75 Å². The number of hydrogen-bond acceptors (Lipinski definition) is 4. The summed E-state index contributed by atoms with van der Waals surface area (Å²) in [6, 6.07) is 14.4. The number of para-hydroxylation sites is 1. The van der Waals surface area contributed by atoms with Crippen LogP contribution in [-0.4, -0.2) is 40.3 Å². The minimum absolute atomic E-state index is 0.277. The lowest BCUT2D eigenvalue weighted by Crippen LogP contribution is -2.51. The number of piperidine rings is 1. The second kappa shape index (κ2) is 7.75. The van der Waals surface area contributed by atoms with Crippen molar-refractivity contribution in [3.8, 4) is 5.75 Å². The number of hydrogen-bond donors (Lipinski definition) is 2. The van der Waals surface area contributed by atoms with Crippen molar-refractivity contribution in [3.63, 3.8) is 0 Å². The van der Waals surface area contributed by atoms with Crippen molar-refractivity contribution in [2.75, 3.05) is 19.6 Å². The molecule has 2 heterocycles. The Balaban J connectivity index is 1.21. The summed E-state index contributed by atoms with van der Waals surface area (Å²) in [6.07, 6.45) is 6.39. The highest BCUT2D eigenvalue weighted by atomic mass is 16.5. The Morgan fingerprint density at radius 2 is 1.79 bits per heavy atom. The highest BCUT2D eigenvalue weighted by molar-refractivity contribution is 5.38. The molecule has 4 nitrogen and oxygen atoms in total. The average Bonchev–Trinajstić information content (AvgIpc) is 2.75. The van der Waals surface area contributed by atoms with E-state index in [2.05, 4.69) is 23.1 Å². The van der Waals surface area contributed by atoms with Crippen LogP contribution in [0.2, 0.25) is 0 Å². The number of likely N-dealkylation sites (tertiary alicyclic amines) is 1. The highest BCUT2D eigenvalue weighted by Crippen LogP contribution is 2.44. The molecule has 0 amide bonds. The summed E-state index contributed by atoms with van der Waals surface area (Å²) in [5.41, 5.74) is 4.56. The predicted octanol–water partition coefficient (Wildman–Crippen LogP) is 3.95. The molecule has 0 unspecified atom stereocenters. The van der Waals surface area contributed by atoms with E-state index in [0.717, 1.165) is 49.2 Å². The molecule has 2 aliphatic heterocycles. The quantitative estimate of drug-likeness (QED) is 0.829. The van der Waals surface area contributed by atoms with Crippen LogP contribution >= 0.6 is 0 Å². The predicted molar refractivity (Wildman–Crippen MR) is 113 cm³/mol. The third kappa shape index (κ3) is 3.81. The van der Waals surface area contributed by atoms with Gasteiger partial charge in [-0.05, 0) is 61.3 Å². The van der Waals surface area contributed by atoms with Gasteiger partial charge in [0.15, 0.2) is 0 Å². The Morgan fingerprint density at radius 1 is 1.03 bits per heavy atom. The third-order valence-electron chi connectivity index (χ3n) is 7.13. The van der Waals surface area contributed by atoms with E-state index in [4.69, 9.17) is 4.74 Å². The molecule has 2 aromatic rings. The second-order valence-corrected chi connectivity index (χ2v) is 9.09. The van der Waals surface area contributed by atoms with Gasteiger partial charge in [0.25, 0.3) is 0 Å². The molecule has 1 saturated heterocycles. The van der Waals surface area contributed by atoms with Gasteiger partial charge in [0.05, 0.1) is 12.2 Å². The first kappa shape index (κ1) is 19.1. The molecular formula is C25H31NO3. The van der Waals surface area contributed by atoms with Gasteiger partial charge in [-0.1, -0.05) is 36.4 Å². The molecule has 5 rings (SSSR count). The van der Waals surface area contributed by atoms with Crippen molar-refractivity contribution in [1.29, 1.82) is 0 Å². The SMILES string of the molecule is O[C@@H]1CC2(CCN(C[C@H](O)c3ccc4c(c3)CCCC4)CC2)Oc2ccccc21. The van der Waals surface area contributed by atoms with Crippen molar-refractivity contribution in [2.45, 2.75) is 62.8 Å². The van der Waals surface area contributed by atoms with Crippen molar-refractivity contribution in [3.05, 3.63) is 64.7 Å². The average molecular weight is 394 g/mol. The first-order chi connectivity index (χ1) is 14.1. The van der Waals surface area contributed by atoms with E-state index >= 15 is 0 Å². The minimum atomic E-state index is -0.451. The number of benzene rings is 2. The lowest BCUT2D eigenvalue weighted by molar-refractivity contribution is -0.0587. The minimum Gasteiger partial charge on any atom is -0.487 e. The Hall–Kier alpha value is -1.88. The van der Waals surface area contributed by atoms with Gasteiger partial charge >= 0.3 is 0 Å². The second-order valence-electron chi connectivity index (χ2n) is 9.09. The zero-order chi connectivity index (χ0) is 19.8. The molecule has 0 bridgehead atoms. The van der Waals surface area contributed by atoms with Crippen LogP contribution in [0.3, 0.4) is 0 Å². The van der Waals surface area contributed by atoms with Gasteiger partial charge in [-0.25, -0.2) is 0 Å². The van der Waals surface area contributed by atoms with Crippen LogP contribution in [-0.2, 0) is 12.8 Å². The molecule has 0 aromatic heterocycles. The highest BCUT2D eigenvalue weighted by Gasteiger charge is 2.42. The van der Waals surface area contributed by atoms with Gasteiger partial charge in [-0.15, -0.1) is 0 Å². The lowest BCUT2D eigenvalue weighted by atomic mass is 9.81. The smallest absolute Gasteiger partial charge is 0.125 e. The Labute approximate surface area is 173 Å². The molecule has 154 valence electrons. The largest absolute Gasteiger partial charge is 0.487 e. The van der Waals surface area contributed by atoms with E-state index in [0.29, 0.717) is 13.0 Å². The summed E-state index contributed by atoms with van der Waals surface area (Å²) in [7, 11) is 0. The van der Waals surface area contributed by atoms with E-state index in [1.165, 1.54) is 30.4 Å². The Kier molecular flexibility index (Phi) is 5.10. The molecule has 3 aliphatic rings.